The molecule has 5 heteroatoms. The minimum atomic E-state index is -3.59. The number of sulfone groups is 1. The molecule has 0 atom stereocenters. The molecule has 0 spiro atoms. The van der Waals surface area contributed by atoms with Gasteiger partial charge in [-0.25, -0.2) is 8.42 Å². The summed E-state index contributed by atoms with van der Waals surface area (Å²) in [5.74, 6) is -0.0914. The molecule has 0 saturated heterocycles. The summed E-state index contributed by atoms with van der Waals surface area (Å²) in [4.78, 5) is 13.8. The van der Waals surface area contributed by atoms with Gasteiger partial charge >= 0.3 is 0 Å². The lowest BCUT2D eigenvalue weighted by atomic mass is 10.2. The molecule has 0 saturated carbocycles. The van der Waals surface area contributed by atoms with E-state index in [2.05, 4.69) is 0 Å². The average Bonchev–Trinajstić information content (AvgIpc) is 2.63. The van der Waals surface area contributed by atoms with Crippen molar-refractivity contribution in [3.63, 3.8) is 0 Å². The van der Waals surface area contributed by atoms with E-state index in [9.17, 15) is 13.2 Å². The van der Waals surface area contributed by atoms with E-state index in [4.69, 9.17) is 0 Å². The van der Waals surface area contributed by atoms with E-state index < -0.39 is 9.84 Å². The van der Waals surface area contributed by atoms with Crippen molar-refractivity contribution in [3.8, 4) is 0 Å². The molecule has 3 nitrogen and oxygen atoms in total. The van der Waals surface area contributed by atoms with E-state index in [-0.39, 0.29) is 15.6 Å². The zero-order chi connectivity index (χ0) is 17.9. The first kappa shape index (κ1) is 17.5. The van der Waals surface area contributed by atoms with Crippen LogP contribution < -0.4 is 0 Å². The fourth-order valence-electron chi connectivity index (χ4n) is 2.32. The van der Waals surface area contributed by atoms with Gasteiger partial charge in [-0.15, -0.1) is 0 Å². The van der Waals surface area contributed by atoms with Crippen molar-refractivity contribution < 1.29 is 13.2 Å². The Kier molecular flexibility index (Phi) is 5.06. The van der Waals surface area contributed by atoms with Gasteiger partial charge in [0.15, 0.2) is 5.78 Å². The molecule has 0 aliphatic carbocycles. The second-order valence-corrected chi connectivity index (χ2v) is 8.57. The molecule has 126 valence electrons. The van der Waals surface area contributed by atoms with Crippen LogP contribution in [0.3, 0.4) is 0 Å². The minimum absolute atomic E-state index is 0.0914. The van der Waals surface area contributed by atoms with Crippen molar-refractivity contribution in [3.05, 3.63) is 84.4 Å². The van der Waals surface area contributed by atoms with Gasteiger partial charge in [0.25, 0.3) is 0 Å². The molecule has 3 aromatic rings. The summed E-state index contributed by atoms with van der Waals surface area (Å²) in [5, 5.41) is 0. The molecule has 0 radical (unpaired) electrons. The number of carbonyl (C=O) groups excluding carboxylic acids is 1. The summed E-state index contributed by atoms with van der Waals surface area (Å²) >= 11 is 1.58. The van der Waals surface area contributed by atoms with Crippen LogP contribution in [0.2, 0.25) is 0 Å². The molecular formula is C20H16O3S2. The summed E-state index contributed by atoms with van der Waals surface area (Å²) in [6.07, 6.45) is 0. The predicted octanol–water partition coefficient (Wildman–Crippen LogP) is 4.87. The van der Waals surface area contributed by atoms with E-state index in [0.717, 1.165) is 9.79 Å². The fraction of sp³-hybridized carbons (Fsp3) is 0.0500. The minimum Gasteiger partial charge on any atom is -0.295 e. The van der Waals surface area contributed by atoms with Gasteiger partial charge in [0.1, 0.15) is 0 Å². The number of hydrogen-bond acceptors (Lipinski definition) is 4. The lowest BCUT2D eigenvalue weighted by molar-refractivity contribution is 0.101. The van der Waals surface area contributed by atoms with Crippen LogP contribution in [-0.4, -0.2) is 14.2 Å². The maximum absolute atomic E-state index is 12.7. The topological polar surface area (TPSA) is 51.2 Å². The highest BCUT2D eigenvalue weighted by molar-refractivity contribution is 7.99. The third-order valence-corrected chi connectivity index (χ3v) is 6.49. The molecule has 3 rings (SSSR count). The molecule has 3 aromatic carbocycles. The molecule has 0 N–H and O–H groups in total. The quantitative estimate of drug-likeness (QED) is 0.603. The van der Waals surface area contributed by atoms with Gasteiger partial charge in [0.2, 0.25) is 9.84 Å². The maximum atomic E-state index is 12.7. The van der Waals surface area contributed by atoms with Crippen LogP contribution in [0.15, 0.2) is 98.4 Å². The number of benzene rings is 3. The van der Waals surface area contributed by atoms with E-state index in [1.807, 2.05) is 30.3 Å². The Labute approximate surface area is 151 Å². The number of hydrogen-bond donors (Lipinski definition) is 0. The highest BCUT2D eigenvalue weighted by atomic mass is 32.2. The first-order valence-corrected chi connectivity index (χ1v) is 9.96. The van der Waals surface area contributed by atoms with Crippen molar-refractivity contribution in [1.29, 1.82) is 0 Å². The van der Waals surface area contributed by atoms with Crippen molar-refractivity contribution >= 4 is 27.4 Å². The van der Waals surface area contributed by atoms with Crippen LogP contribution in [0.1, 0.15) is 17.3 Å². The Bertz CT molecular complexity index is 975. The molecular weight excluding hydrogens is 352 g/mol. The van der Waals surface area contributed by atoms with E-state index in [1.54, 1.807) is 36.0 Å². The van der Waals surface area contributed by atoms with Crippen molar-refractivity contribution in [2.75, 3.05) is 0 Å². The lowest BCUT2D eigenvalue weighted by Crippen LogP contribution is -2.02. The van der Waals surface area contributed by atoms with E-state index in [0.29, 0.717) is 5.56 Å². The van der Waals surface area contributed by atoms with Crippen molar-refractivity contribution in [2.45, 2.75) is 26.5 Å². The monoisotopic (exact) mass is 368 g/mol. The molecule has 25 heavy (non-hydrogen) atoms. The zero-order valence-electron chi connectivity index (χ0n) is 13.5. The van der Waals surface area contributed by atoms with Crippen LogP contribution in [0, 0.1) is 0 Å². The largest absolute Gasteiger partial charge is 0.295 e. The van der Waals surface area contributed by atoms with E-state index in [1.165, 1.54) is 31.2 Å². The van der Waals surface area contributed by atoms with Crippen LogP contribution in [0.25, 0.3) is 0 Å². The van der Waals surface area contributed by atoms with Gasteiger partial charge < -0.3 is 0 Å². The first-order chi connectivity index (χ1) is 12.0. The van der Waals surface area contributed by atoms with Gasteiger partial charge in [-0.05, 0) is 55.5 Å². The van der Waals surface area contributed by atoms with Gasteiger partial charge in [-0.2, -0.15) is 0 Å². The van der Waals surface area contributed by atoms with Crippen LogP contribution >= 0.6 is 11.8 Å². The Balaban J connectivity index is 1.84. The first-order valence-electron chi connectivity index (χ1n) is 7.66. The number of rotatable bonds is 5. The van der Waals surface area contributed by atoms with Crippen molar-refractivity contribution in [1.82, 2.24) is 0 Å². The second-order valence-electron chi connectivity index (χ2n) is 5.47. The zero-order valence-corrected chi connectivity index (χ0v) is 15.2. The number of Topliss-reactive ketones (excluding diaryl/α,β-unsaturated/α-hetero) is 1. The molecule has 0 aromatic heterocycles. The highest BCUT2D eigenvalue weighted by Gasteiger charge is 2.17. The standard InChI is InChI=1S/C20H16O3S2/c1-15(21)16-7-11-19(12-8-16)25(22,23)20-13-9-18(10-14-20)24-17-5-3-2-4-6-17/h2-14H,1H3. The number of carbonyl (C=O) groups is 1. The third kappa shape index (κ3) is 4.00. The molecule has 0 aliphatic rings. The Hall–Kier alpha value is -2.37. The SMILES string of the molecule is CC(=O)c1ccc(S(=O)(=O)c2ccc(Sc3ccccc3)cc2)cc1. The molecule has 0 fully saturated rings. The summed E-state index contributed by atoms with van der Waals surface area (Å²) in [5.41, 5.74) is 0.494. The summed E-state index contributed by atoms with van der Waals surface area (Å²) in [6.45, 7) is 1.45. The Morgan fingerprint density at radius 1 is 0.720 bits per heavy atom. The molecule has 0 bridgehead atoms. The average molecular weight is 368 g/mol. The molecule has 0 heterocycles. The lowest BCUT2D eigenvalue weighted by Gasteiger charge is -2.07. The van der Waals surface area contributed by atoms with Crippen LogP contribution in [-0.2, 0) is 9.84 Å². The molecule has 0 unspecified atom stereocenters. The van der Waals surface area contributed by atoms with Gasteiger partial charge in [-0.1, -0.05) is 42.1 Å². The van der Waals surface area contributed by atoms with E-state index >= 15 is 0 Å². The second kappa shape index (κ2) is 7.25. The van der Waals surface area contributed by atoms with Gasteiger partial charge in [-0.3, -0.25) is 4.79 Å². The molecule has 0 aliphatic heterocycles. The highest BCUT2D eigenvalue weighted by Crippen LogP contribution is 2.29. The van der Waals surface area contributed by atoms with Gasteiger partial charge in [0, 0.05) is 15.4 Å². The Morgan fingerprint density at radius 3 is 1.72 bits per heavy atom. The predicted molar refractivity (Wildman–Crippen MR) is 98.9 cm³/mol. The van der Waals surface area contributed by atoms with Crippen molar-refractivity contribution in [2.24, 2.45) is 0 Å². The third-order valence-electron chi connectivity index (χ3n) is 3.68. The summed E-state index contributed by atoms with van der Waals surface area (Å²) < 4.78 is 25.4. The van der Waals surface area contributed by atoms with Gasteiger partial charge in [0.05, 0.1) is 9.79 Å². The smallest absolute Gasteiger partial charge is 0.206 e. The van der Waals surface area contributed by atoms with Crippen LogP contribution in [0.4, 0.5) is 0 Å². The number of ketones is 1. The molecule has 0 amide bonds. The summed E-state index contributed by atoms with van der Waals surface area (Å²) in [6, 6.07) is 22.7. The normalized spacial score (nSPS) is 11.2. The maximum Gasteiger partial charge on any atom is 0.206 e. The Morgan fingerprint density at radius 2 is 1.20 bits per heavy atom. The summed E-state index contributed by atoms with van der Waals surface area (Å²) in [7, 11) is -3.59. The fourth-order valence-corrected chi connectivity index (χ4v) is 4.41. The van der Waals surface area contributed by atoms with Crippen LogP contribution in [0.5, 0.6) is 0 Å².